The molecule has 1 atom stereocenters. The molecule has 8 heteroatoms. The highest BCUT2D eigenvalue weighted by Gasteiger charge is 2.27. The minimum absolute atomic E-state index is 0. The van der Waals surface area contributed by atoms with E-state index in [-0.39, 0.29) is 41.8 Å². The third-order valence-electron chi connectivity index (χ3n) is 4.72. The SMILES string of the molecule is CN=C(NCc1ccc(-n2cccn2)cc1)NC1CCN(C(=O)C(C)C)C1.I. The van der Waals surface area contributed by atoms with Crippen molar-refractivity contribution in [1.29, 1.82) is 0 Å². The predicted octanol–water partition coefficient (Wildman–Crippen LogP) is 2.41. The fourth-order valence-electron chi connectivity index (χ4n) is 3.21. The molecule has 28 heavy (non-hydrogen) atoms. The summed E-state index contributed by atoms with van der Waals surface area (Å²) in [5.41, 5.74) is 2.20. The molecule has 1 saturated heterocycles. The highest BCUT2D eigenvalue weighted by molar-refractivity contribution is 14.0. The summed E-state index contributed by atoms with van der Waals surface area (Å²) in [6, 6.07) is 10.4. The van der Waals surface area contributed by atoms with Gasteiger partial charge in [0.25, 0.3) is 0 Å². The number of carbonyl (C=O) groups excluding carboxylic acids is 1. The van der Waals surface area contributed by atoms with Crippen LogP contribution in [0.5, 0.6) is 0 Å². The largest absolute Gasteiger partial charge is 0.352 e. The van der Waals surface area contributed by atoms with Crippen molar-refractivity contribution in [2.75, 3.05) is 20.1 Å². The Hall–Kier alpha value is -2.10. The van der Waals surface area contributed by atoms with E-state index in [1.54, 1.807) is 13.2 Å². The minimum atomic E-state index is 0. The normalized spacial score (nSPS) is 16.8. The van der Waals surface area contributed by atoms with Gasteiger partial charge in [0.05, 0.1) is 5.69 Å². The molecule has 152 valence electrons. The molecule has 0 saturated carbocycles. The van der Waals surface area contributed by atoms with E-state index in [0.717, 1.165) is 36.7 Å². The maximum absolute atomic E-state index is 12.1. The Morgan fingerprint density at radius 3 is 2.68 bits per heavy atom. The lowest BCUT2D eigenvalue weighted by Gasteiger charge is -2.20. The first-order valence-electron chi connectivity index (χ1n) is 9.41. The number of aromatic nitrogens is 2. The first-order valence-corrected chi connectivity index (χ1v) is 9.41. The van der Waals surface area contributed by atoms with Crippen molar-refractivity contribution in [3.05, 3.63) is 48.3 Å². The van der Waals surface area contributed by atoms with Crippen LogP contribution >= 0.6 is 24.0 Å². The summed E-state index contributed by atoms with van der Waals surface area (Å²) < 4.78 is 1.84. The van der Waals surface area contributed by atoms with Gasteiger partial charge in [-0.05, 0) is 30.2 Å². The number of benzene rings is 1. The number of hydrogen-bond acceptors (Lipinski definition) is 3. The van der Waals surface area contributed by atoms with Gasteiger partial charge >= 0.3 is 0 Å². The van der Waals surface area contributed by atoms with Gasteiger partial charge in [0.1, 0.15) is 0 Å². The summed E-state index contributed by atoms with van der Waals surface area (Å²) in [6.45, 7) is 6.11. The Bertz CT molecular complexity index is 773. The third kappa shape index (κ3) is 5.70. The smallest absolute Gasteiger partial charge is 0.225 e. The van der Waals surface area contributed by atoms with Crippen LogP contribution in [0.4, 0.5) is 0 Å². The standard InChI is InChI=1S/C20H28N6O.HI/c1-15(2)19(27)25-12-9-17(14-25)24-20(21-3)22-13-16-5-7-18(8-6-16)26-11-4-10-23-26;/h4-8,10-11,15,17H,9,12-14H2,1-3H3,(H2,21,22,24);1H. The molecule has 7 nitrogen and oxygen atoms in total. The van der Waals surface area contributed by atoms with Gasteiger partial charge in [0.15, 0.2) is 5.96 Å². The van der Waals surface area contributed by atoms with Crippen molar-refractivity contribution in [2.24, 2.45) is 10.9 Å². The number of amides is 1. The fourth-order valence-corrected chi connectivity index (χ4v) is 3.21. The van der Waals surface area contributed by atoms with Gasteiger partial charge in [0.2, 0.25) is 5.91 Å². The van der Waals surface area contributed by atoms with Gasteiger partial charge < -0.3 is 15.5 Å². The van der Waals surface area contributed by atoms with Crippen LogP contribution in [0, 0.1) is 5.92 Å². The number of carbonyl (C=O) groups is 1. The van der Waals surface area contributed by atoms with Crippen LogP contribution in [0.15, 0.2) is 47.7 Å². The average molecular weight is 496 g/mol. The van der Waals surface area contributed by atoms with Crippen LogP contribution in [-0.2, 0) is 11.3 Å². The fraction of sp³-hybridized carbons (Fsp3) is 0.450. The molecule has 0 radical (unpaired) electrons. The zero-order valence-corrected chi connectivity index (χ0v) is 19.0. The van der Waals surface area contributed by atoms with Crippen molar-refractivity contribution in [3.8, 4) is 5.69 Å². The molecular formula is C20H29IN6O. The summed E-state index contributed by atoms with van der Waals surface area (Å²) in [4.78, 5) is 18.4. The Balaban J connectivity index is 0.00000280. The van der Waals surface area contributed by atoms with Crippen LogP contribution in [0.3, 0.4) is 0 Å². The van der Waals surface area contributed by atoms with Crippen LogP contribution in [0.25, 0.3) is 5.69 Å². The molecule has 1 amide bonds. The number of nitrogens with zero attached hydrogens (tertiary/aromatic N) is 4. The molecule has 1 aromatic carbocycles. The Kier molecular flexibility index (Phi) is 8.28. The molecule has 0 aliphatic carbocycles. The van der Waals surface area contributed by atoms with Gasteiger partial charge in [-0.15, -0.1) is 24.0 Å². The zero-order chi connectivity index (χ0) is 19.2. The molecule has 2 heterocycles. The lowest BCUT2D eigenvalue weighted by atomic mass is 10.2. The van der Waals surface area contributed by atoms with Crippen molar-refractivity contribution in [3.63, 3.8) is 0 Å². The van der Waals surface area contributed by atoms with E-state index < -0.39 is 0 Å². The Morgan fingerprint density at radius 1 is 1.32 bits per heavy atom. The van der Waals surface area contributed by atoms with Crippen LogP contribution in [-0.4, -0.2) is 52.7 Å². The number of guanidine groups is 1. The second-order valence-corrected chi connectivity index (χ2v) is 7.11. The van der Waals surface area contributed by atoms with Gasteiger partial charge in [-0.2, -0.15) is 5.10 Å². The molecule has 2 aromatic rings. The van der Waals surface area contributed by atoms with E-state index in [0.29, 0.717) is 6.54 Å². The second-order valence-electron chi connectivity index (χ2n) is 7.11. The van der Waals surface area contributed by atoms with E-state index in [4.69, 9.17) is 0 Å². The molecule has 1 aliphatic heterocycles. The molecule has 0 bridgehead atoms. The van der Waals surface area contributed by atoms with Crippen molar-refractivity contribution in [1.82, 2.24) is 25.3 Å². The molecule has 3 rings (SSSR count). The second kappa shape index (κ2) is 10.4. The molecule has 2 N–H and O–H groups in total. The Morgan fingerprint density at radius 2 is 2.07 bits per heavy atom. The van der Waals surface area contributed by atoms with E-state index >= 15 is 0 Å². The number of hydrogen-bond donors (Lipinski definition) is 2. The van der Waals surface area contributed by atoms with E-state index in [2.05, 4.69) is 32.9 Å². The number of nitrogens with one attached hydrogen (secondary N) is 2. The van der Waals surface area contributed by atoms with E-state index in [1.807, 2.05) is 47.8 Å². The van der Waals surface area contributed by atoms with Crippen LogP contribution in [0.2, 0.25) is 0 Å². The zero-order valence-electron chi connectivity index (χ0n) is 16.6. The van der Waals surface area contributed by atoms with Crippen molar-refractivity contribution in [2.45, 2.75) is 32.9 Å². The topological polar surface area (TPSA) is 74.6 Å². The van der Waals surface area contributed by atoms with Gasteiger partial charge in [-0.1, -0.05) is 26.0 Å². The number of halogens is 1. The number of likely N-dealkylation sites (tertiary alicyclic amines) is 1. The van der Waals surface area contributed by atoms with E-state index in [1.165, 1.54) is 0 Å². The van der Waals surface area contributed by atoms with Gasteiger partial charge in [-0.25, -0.2) is 4.68 Å². The maximum atomic E-state index is 12.1. The first-order chi connectivity index (χ1) is 13.1. The highest BCUT2D eigenvalue weighted by Crippen LogP contribution is 2.13. The minimum Gasteiger partial charge on any atom is -0.352 e. The Labute approximate surface area is 183 Å². The van der Waals surface area contributed by atoms with E-state index in [9.17, 15) is 4.79 Å². The third-order valence-corrected chi connectivity index (χ3v) is 4.72. The summed E-state index contributed by atoms with van der Waals surface area (Å²) in [7, 11) is 1.77. The van der Waals surface area contributed by atoms with Crippen molar-refractivity contribution < 1.29 is 4.79 Å². The number of rotatable bonds is 5. The molecular weight excluding hydrogens is 467 g/mol. The molecule has 0 spiro atoms. The lowest BCUT2D eigenvalue weighted by Crippen LogP contribution is -2.45. The molecule has 1 fully saturated rings. The summed E-state index contributed by atoms with van der Waals surface area (Å²) in [6.07, 6.45) is 4.63. The molecule has 1 unspecified atom stereocenters. The van der Waals surface area contributed by atoms with Crippen molar-refractivity contribution >= 4 is 35.8 Å². The molecule has 1 aromatic heterocycles. The summed E-state index contributed by atoms with van der Waals surface area (Å²) in [5.74, 6) is 1.03. The number of aliphatic imine (C=N–C) groups is 1. The monoisotopic (exact) mass is 496 g/mol. The predicted molar refractivity (Wildman–Crippen MR) is 122 cm³/mol. The summed E-state index contributed by atoms with van der Waals surface area (Å²) in [5, 5.41) is 11.0. The highest BCUT2D eigenvalue weighted by atomic mass is 127. The summed E-state index contributed by atoms with van der Waals surface area (Å²) >= 11 is 0. The maximum Gasteiger partial charge on any atom is 0.225 e. The van der Waals surface area contributed by atoms with Gasteiger partial charge in [-0.3, -0.25) is 9.79 Å². The lowest BCUT2D eigenvalue weighted by molar-refractivity contribution is -0.133. The quantitative estimate of drug-likeness (QED) is 0.379. The average Bonchev–Trinajstić information content (AvgIpc) is 3.37. The van der Waals surface area contributed by atoms with Crippen LogP contribution in [0.1, 0.15) is 25.8 Å². The van der Waals surface area contributed by atoms with Gasteiger partial charge in [0, 0.05) is 51.0 Å². The molecule has 1 aliphatic rings. The van der Waals surface area contributed by atoms with Crippen LogP contribution < -0.4 is 10.6 Å². The first kappa shape index (κ1) is 22.2.